The highest BCUT2D eigenvalue weighted by atomic mass is 16.5. The number of carbonyl (C=O) groups is 3. The van der Waals surface area contributed by atoms with Gasteiger partial charge in [-0.3, -0.25) is 14.6 Å². The van der Waals surface area contributed by atoms with Crippen molar-refractivity contribution >= 4 is 46.1 Å². The number of aromatic nitrogens is 1. The molecule has 4 aromatic rings. The van der Waals surface area contributed by atoms with Crippen molar-refractivity contribution in [2.24, 2.45) is 0 Å². The van der Waals surface area contributed by atoms with Crippen molar-refractivity contribution in [1.29, 1.82) is 0 Å². The first kappa shape index (κ1) is 29.2. The van der Waals surface area contributed by atoms with Crippen molar-refractivity contribution in [3.8, 4) is 0 Å². The molecule has 218 valence electrons. The molecule has 2 N–H and O–H groups in total. The van der Waals surface area contributed by atoms with E-state index < -0.39 is 5.97 Å². The summed E-state index contributed by atoms with van der Waals surface area (Å²) < 4.78 is 5.12. The molecule has 0 saturated carbocycles. The van der Waals surface area contributed by atoms with Gasteiger partial charge < -0.3 is 25.2 Å². The minimum Gasteiger partial charge on any atom is -0.462 e. The molecule has 0 aliphatic carbocycles. The summed E-state index contributed by atoms with van der Waals surface area (Å²) in [4.78, 5) is 46.9. The van der Waals surface area contributed by atoms with E-state index in [1.807, 2.05) is 73.6 Å². The highest BCUT2D eigenvalue weighted by molar-refractivity contribution is 6.37. The van der Waals surface area contributed by atoms with Crippen LogP contribution in [-0.4, -0.2) is 61.5 Å². The Kier molecular flexibility index (Phi) is 8.93. The van der Waals surface area contributed by atoms with E-state index in [0.29, 0.717) is 46.7 Å². The SMILES string of the molecule is CCOC(=O)c1ccc2c(c1)NC(=O)C2=C(Nc1ccc(N(CCN(C)C)C(=O)c2cccnc2)cc1)c1ccccc1. The van der Waals surface area contributed by atoms with Gasteiger partial charge in [-0.15, -0.1) is 0 Å². The first-order valence-corrected chi connectivity index (χ1v) is 14.0. The number of ether oxygens (including phenoxy) is 1. The predicted octanol–water partition coefficient (Wildman–Crippen LogP) is 5.40. The summed E-state index contributed by atoms with van der Waals surface area (Å²) in [6, 6.07) is 25.7. The van der Waals surface area contributed by atoms with Crippen LogP contribution >= 0.6 is 0 Å². The fourth-order valence-electron chi connectivity index (χ4n) is 4.81. The molecule has 5 rings (SSSR count). The fraction of sp³-hybridized carbons (Fsp3) is 0.176. The topological polar surface area (TPSA) is 104 Å². The minimum absolute atomic E-state index is 0.135. The predicted molar refractivity (Wildman–Crippen MR) is 169 cm³/mol. The number of pyridine rings is 1. The lowest BCUT2D eigenvalue weighted by Crippen LogP contribution is -2.36. The van der Waals surface area contributed by atoms with Gasteiger partial charge in [0, 0.05) is 42.4 Å². The van der Waals surface area contributed by atoms with Crippen LogP contribution in [0.2, 0.25) is 0 Å². The number of esters is 1. The minimum atomic E-state index is -0.444. The van der Waals surface area contributed by atoms with Crippen LogP contribution in [0.4, 0.5) is 17.1 Å². The molecule has 3 aromatic carbocycles. The number of nitrogens with one attached hydrogen (secondary N) is 2. The second-order valence-electron chi connectivity index (χ2n) is 10.2. The monoisotopic (exact) mass is 575 g/mol. The summed E-state index contributed by atoms with van der Waals surface area (Å²) in [5.41, 5.74) is 5.47. The molecule has 0 unspecified atom stereocenters. The van der Waals surface area contributed by atoms with Gasteiger partial charge in [-0.25, -0.2) is 4.79 Å². The molecule has 2 heterocycles. The molecule has 0 saturated heterocycles. The Labute approximate surface area is 250 Å². The van der Waals surface area contributed by atoms with Gasteiger partial charge in [-0.1, -0.05) is 36.4 Å². The van der Waals surface area contributed by atoms with Gasteiger partial charge in [0.1, 0.15) is 0 Å². The third-order valence-corrected chi connectivity index (χ3v) is 6.96. The average Bonchev–Trinajstić information content (AvgIpc) is 3.36. The summed E-state index contributed by atoms with van der Waals surface area (Å²) >= 11 is 0. The lowest BCUT2D eigenvalue weighted by molar-refractivity contribution is -0.110. The Morgan fingerprint density at radius 3 is 2.30 bits per heavy atom. The molecule has 9 heteroatoms. The first-order chi connectivity index (χ1) is 20.9. The van der Waals surface area contributed by atoms with Crippen LogP contribution < -0.4 is 15.5 Å². The lowest BCUT2D eigenvalue weighted by Gasteiger charge is -2.25. The van der Waals surface area contributed by atoms with Crippen LogP contribution in [0.3, 0.4) is 0 Å². The quantitative estimate of drug-likeness (QED) is 0.193. The Morgan fingerprint density at radius 1 is 0.884 bits per heavy atom. The molecule has 43 heavy (non-hydrogen) atoms. The number of amides is 2. The average molecular weight is 576 g/mol. The number of likely N-dealkylation sites (N-methyl/N-ethyl adjacent to an activating group) is 1. The Bertz CT molecular complexity index is 1650. The van der Waals surface area contributed by atoms with E-state index in [2.05, 4.69) is 15.6 Å². The van der Waals surface area contributed by atoms with Crippen molar-refractivity contribution in [3.63, 3.8) is 0 Å². The van der Waals surface area contributed by atoms with E-state index in [1.54, 1.807) is 54.5 Å². The van der Waals surface area contributed by atoms with E-state index in [9.17, 15) is 14.4 Å². The van der Waals surface area contributed by atoms with E-state index in [1.165, 1.54) is 0 Å². The zero-order valence-corrected chi connectivity index (χ0v) is 24.3. The number of hydrogen-bond donors (Lipinski definition) is 2. The molecule has 0 bridgehead atoms. The molecule has 0 spiro atoms. The summed E-state index contributed by atoms with van der Waals surface area (Å²) in [7, 11) is 3.93. The van der Waals surface area contributed by atoms with Gasteiger partial charge in [0.25, 0.3) is 11.8 Å². The smallest absolute Gasteiger partial charge is 0.338 e. The molecule has 1 aliphatic rings. The Morgan fingerprint density at radius 2 is 1.63 bits per heavy atom. The molecule has 0 fully saturated rings. The molecular formula is C34H33N5O4. The Balaban J connectivity index is 1.49. The second-order valence-corrected chi connectivity index (χ2v) is 10.2. The van der Waals surface area contributed by atoms with Crippen molar-refractivity contribution in [2.45, 2.75) is 6.92 Å². The zero-order chi connectivity index (χ0) is 30.3. The van der Waals surface area contributed by atoms with Crippen molar-refractivity contribution in [1.82, 2.24) is 9.88 Å². The number of nitrogens with zero attached hydrogens (tertiary/aromatic N) is 3. The number of hydrogen-bond acceptors (Lipinski definition) is 7. The van der Waals surface area contributed by atoms with Crippen molar-refractivity contribution in [3.05, 3.63) is 120 Å². The normalized spacial score (nSPS) is 13.3. The number of carbonyl (C=O) groups excluding carboxylic acids is 3. The molecule has 9 nitrogen and oxygen atoms in total. The van der Waals surface area contributed by atoms with Crippen LogP contribution in [0.25, 0.3) is 11.3 Å². The van der Waals surface area contributed by atoms with Gasteiger partial charge >= 0.3 is 5.97 Å². The molecule has 0 atom stereocenters. The largest absolute Gasteiger partial charge is 0.462 e. The maximum absolute atomic E-state index is 13.4. The van der Waals surface area contributed by atoms with Crippen LogP contribution in [0.5, 0.6) is 0 Å². The van der Waals surface area contributed by atoms with E-state index >= 15 is 0 Å². The standard InChI is InChI=1S/C34H33N5O4/c1-4-43-34(42)24-12-17-28-29(21-24)37-32(40)30(28)31(23-9-6-5-7-10-23)36-26-13-15-27(16-14-26)39(20-19-38(2)3)33(41)25-11-8-18-35-22-25/h5-18,21-22,36H,4,19-20H2,1-3H3,(H,37,40). The first-order valence-electron chi connectivity index (χ1n) is 14.0. The number of benzene rings is 3. The summed E-state index contributed by atoms with van der Waals surface area (Å²) in [5, 5.41) is 6.35. The number of rotatable bonds is 10. The highest BCUT2D eigenvalue weighted by Crippen LogP contribution is 2.38. The molecule has 1 aromatic heterocycles. The summed E-state index contributed by atoms with van der Waals surface area (Å²) in [6.07, 6.45) is 3.21. The third kappa shape index (κ3) is 6.63. The summed E-state index contributed by atoms with van der Waals surface area (Å²) in [6.45, 7) is 3.19. The third-order valence-electron chi connectivity index (χ3n) is 6.96. The Hall–Kier alpha value is -5.28. The van der Waals surface area contributed by atoms with Crippen molar-refractivity contribution < 1.29 is 19.1 Å². The van der Waals surface area contributed by atoms with E-state index in [4.69, 9.17) is 4.74 Å². The van der Waals surface area contributed by atoms with Crippen LogP contribution in [-0.2, 0) is 9.53 Å². The van der Waals surface area contributed by atoms with Crippen LogP contribution in [0.15, 0.2) is 97.3 Å². The molecule has 0 radical (unpaired) electrons. The van der Waals surface area contributed by atoms with E-state index in [0.717, 1.165) is 16.9 Å². The molecular weight excluding hydrogens is 542 g/mol. The van der Waals surface area contributed by atoms with Crippen molar-refractivity contribution in [2.75, 3.05) is 49.3 Å². The fourth-order valence-corrected chi connectivity index (χ4v) is 4.81. The maximum atomic E-state index is 13.4. The summed E-state index contributed by atoms with van der Waals surface area (Å²) in [5.74, 6) is -0.861. The maximum Gasteiger partial charge on any atom is 0.338 e. The molecule has 2 amide bonds. The number of anilines is 3. The van der Waals surface area contributed by atoms with Gasteiger partial charge in [0.2, 0.25) is 0 Å². The zero-order valence-electron chi connectivity index (χ0n) is 24.3. The van der Waals surface area contributed by atoms with Gasteiger partial charge in [-0.05, 0) is 75.1 Å². The van der Waals surface area contributed by atoms with Gasteiger partial charge in [0.15, 0.2) is 0 Å². The van der Waals surface area contributed by atoms with Crippen LogP contribution in [0, 0.1) is 0 Å². The second kappa shape index (κ2) is 13.1. The lowest BCUT2D eigenvalue weighted by atomic mass is 9.99. The van der Waals surface area contributed by atoms with Gasteiger partial charge in [0.05, 0.1) is 34.7 Å². The number of fused-ring (bicyclic) bond motifs is 1. The highest BCUT2D eigenvalue weighted by Gasteiger charge is 2.29. The van der Waals surface area contributed by atoms with Crippen LogP contribution in [0.1, 0.15) is 38.8 Å². The van der Waals surface area contributed by atoms with E-state index in [-0.39, 0.29) is 18.4 Å². The van der Waals surface area contributed by atoms with Gasteiger partial charge in [-0.2, -0.15) is 0 Å². The molecule has 1 aliphatic heterocycles.